The van der Waals surface area contributed by atoms with Crippen LogP contribution in [-0.4, -0.2) is 34.4 Å². The first-order chi connectivity index (χ1) is 7.27. The van der Waals surface area contributed by atoms with Crippen LogP contribution in [0.1, 0.15) is 0 Å². The Morgan fingerprint density at radius 2 is 1.18 bits per heavy atom. The van der Waals surface area contributed by atoms with Crippen LogP contribution in [0.5, 0.6) is 0 Å². The average Bonchev–Trinajstić information content (AvgIpc) is 1.96. The van der Waals surface area contributed by atoms with E-state index in [2.05, 4.69) is 0 Å². The number of nitrogens with zero attached hydrogens (tertiary/aromatic N) is 2. The summed E-state index contributed by atoms with van der Waals surface area (Å²) in [5.41, 5.74) is 0. The van der Waals surface area contributed by atoms with Crippen molar-refractivity contribution in [2.24, 2.45) is 0 Å². The van der Waals surface area contributed by atoms with Crippen molar-refractivity contribution in [3.8, 4) is 0 Å². The molecular formula is C4F8N2O3. The predicted molar refractivity (Wildman–Crippen MR) is 29.7 cm³/mol. The lowest BCUT2D eigenvalue weighted by Gasteiger charge is -2.41. The van der Waals surface area contributed by atoms with Crippen molar-refractivity contribution in [3.05, 3.63) is 10.1 Å². The largest absolute Gasteiger partial charge is 0.472 e. The fourth-order valence-corrected chi connectivity index (χ4v) is 0.912. The van der Waals surface area contributed by atoms with Crippen molar-refractivity contribution in [2.75, 3.05) is 0 Å². The number of nitro groups is 1. The molecule has 1 heterocycles. The Labute approximate surface area is 85.6 Å². The van der Waals surface area contributed by atoms with Gasteiger partial charge in [0.2, 0.25) is 0 Å². The summed E-state index contributed by atoms with van der Waals surface area (Å²) in [4.78, 5) is 9.81. The highest BCUT2D eigenvalue weighted by Crippen LogP contribution is 2.55. The molecule has 13 heteroatoms. The van der Waals surface area contributed by atoms with Crippen LogP contribution in [0, 0.1) is 10.1 Å². The van der Waals surface area contributed by atoms with Gasteiger partial charge in [-0.05, 0) is 0 Å². The molecule has 1 fully saturated rings. The average molecular weight is 276 g/mol. The van der Waals surface area contributed by atoms with E-state index in [0.29, 0.717) is 0 Å². The van der Waals surface area contributed by atoms with Crippen LogP contribution in [0.2, 0.25) is 0 Å². The summed E-state index contributed by atoms with van der Waals surface area (Å²) in [6.07, 6.45) is -12.3. The maximum Gasteiger partial charge on any atom is 0.472 e. The van der Waals surface area contributed by atoms with E-state index in [-0.39, 0.29) is 0 Å². The zero-order valence-electron chi connectivity index (χ0n) is 7.14. The summed E-state index contributed by atoms with van der Waals surface area (Å²) < 4.78 is 101. The molecule has 1 rings (SSSR count). The van der Waals surface area contributed by atoms with Crippen molar-refractivity contribution in [1.82, 2.24) is 5.01 Å². The van der Waals surface area contributed by atoms with Crippen LogP contribution in [-0.2, 0) is 4.74 Å². The summed E-state index contributed by atoms with van der Waals surface area (Å²) in [5, 5.41) is 4.22. The van der Waals surface area contributed by atoms with E-state index in [1.807, 2.05) is 4.74 Å². The first-order valence-electron chi connectivity index (χ1n) is 3.43. The van der Waals surface area contributed by atoms with E-state index < -0.39 is 34.4 Å². The molecule has 100 valence electrons. The molecular weight excluding hydrogens is 276 g/mol. The molecule has 0 unspecified atom stereocenters. The Morgan fingerprint density at radius 3 is 1.41 bits per heavy atom. The van der Waals surface area contributed by atoms with Gasteiger partial charge in [-0.2, -0.15) is 35.1 Å². The van der Waals surface area contributed by atoms with Crippen molar-refractivity contribution in [2.45, 2.75) is 24.3 Å². The van der Waals surface area contributed by atoms with Crippen LogP contribution in [0.15, 0.2) is 0 Å². The highest BCUT2D eigenvalue weighted by Gasteiger charge is 2.88. The van der Waals surface area contributed by atoms with Gasteiger partial charge >= 0.3 is 24.3 Å². The molecule has 1 saturated heterocycles. The Kier molecular flexibility index (Phi) is 2.48. The molecule has 0 aromatic heterocycles. The van der Waals surface area contributed by atoms with Gasteiger partial charge in [0.25, 0.3) is 0 Å². The topological polar surface area (TPSA) is 55.6 Å². The van der Waals surface area contributed by atoms with Crippen molar-refractivity contribution >= 4 is 0 Å². The Hall–Kier alpha value is -1.40. The molecule has 0 atom stereocenters. The molecule has 1 aliphatic rings. The van der Waals surface area contributed by atoms with E-state index in [4.69, 9.17) is 0 Å². The third-order valence-corrected chi connectivity index (χ3v) is 1.65. The monoisotopic (exact) mass is 276 g/mol. The maximum absolute atomic E-state index is 12.5. The second-order valence-corrected chi connectivity index (χ2v) is 2.77. The van der Waals surface area contributed by atoms with Crippen molar-refractivity contribution in [1.29, 1.82) is 0 Å². The highest BCUT2D eigenvalue weighted by atomic mass is 19.4. The lowest BCUT2D eigenvalue weighted by Crippen LogP contribution is -2.75. The van der Waals surface area contributed by atoms with Crippen molar-refractivity contribution in [3.63, 3.8) is 0 Å². The van der Waals surface area contributed by atoms with Gasteiger partial charge in [-0.3, -0.25) is 0 Å². The first kappa shape index (κ1) is 13.7. The SMILES string of the molecule is O=[N+]([O-])N1C(F)(F)C(F)(F)OC(F)(F)C1(F)F. The lowest BCUT2D eigenvalue weighted by atomic mass is 10.3. The van der Waals surface area contributed by atoms with E-state index in [1.54, 1.807) is 0 Å². The summed E-state index contributed by atoms with van der Waals surface area (Å²) in [6.45, 7) is 0. The second-order valence-electron chi connectivity index (χ2n) is 2.77. The second kappa shape index (κ2) is 3.08. The predicted octanol–water partition coefficient (Wildman–Crippen LogP) is 1.88. The van der Waals surface area contributed by atoms with Crippen LogP contribution in [0.25, 0.3) is 0 Å². The number of hydrazine groups is 1. The minimum atomic E-state index is -6.25. The van der Waals surface area contributed by atoms with Gasteiger partial charge in [0.05, 0.1) is 0 Å². The van der Waals surface area contributed by atoms with Gasteiger partial charge in [0.1, 0.15) is 0 Å². The number of ether oxygens (including phenoxy) is 1. The zero-order valence-corrected chi connectivity index (χ0v) is 7.14. The number of alkyl halides is 8. The summed E-state index contributed by atoms with van der Waals surface area (Å²) in [7, 11) is 0. The fraction of sp³-hybridized carbons (Fsp3) is 1.00. The van der Waals surface area contributed by atoms with E-state index >= 15 is 0 Å². The molecule has 1 aliphatic heterocycles. The molecule has 17 heavy (non-hydrogen) atoms. The van der Waals surface area contributed by atoms with Gasteiger partial charge in [-0.25, -0.2) is 14.9 Å². The molecule has 0 aliphatic carbocycles. The quantitative estimate of drug-likeness (QED) is 0.317. The molecule has 0 bridgehead atoms. The molecule has 0 spiro atoms. The van der Waals surface area contributed by atoms with E-state index in [9.17, 15) is 45.2 Å². The summed E-state index contributed by atoms with van der Waals surface area (Å²) in [6, 6.07) is -12.5. The van der Waals surface area contributed by atoms with Crippen LogP contribution in [0.4, 0.5) is 35.1 Å². The number of hydrogen-bond acceptors (Lipinski definition) is 3. The van der Waals surface area contributed by atoms with Gasteiger partial charge in [-0.15, -0.1) is 0 Å². The van der Waals surface area contributed by atoms with E-state index in [1.165, 1.54) is 0 Å². The lowest BCUT2D eigenvalue weighted by molar-refractivity contribution is -0.781. The molecule has 0 aromatic rings. The molecule has 0 aromatic carbocycles. The standard InChI is InChI=1S/C4F8N2O3/c5-1(6)3(9,10)17-4(11,12)2(7,8)13(1)14(15)16. The van der Waals surface area contributed by atoms with Crippen LogP contribution < -0.4 is 0 Å². The number of halogens is 8. The van der Waals surface area contributed by atoms with Crippen LogP contribution >= 0.6 is 0 Å². The number of rotatable bonds is 1. The number of hydrogen-bond donors (Lipinski definition) is 0. The van der Waals surface area contributed by atoms with Crippen molar-refractivity contribution < 1.29 is 44.9 Å². The smallest absolute Gasteiger partial charge is 0.242 e. The molecule has 0 radical (unpaired) electrons. The van der Waals surface area contributed by atoms with E-state index in [0.717, 1.165) is 0 Å². The number of morpholine rings is 1. The van der Waals surface area contributed by atoms with Gasteiger partial charge < -0.3 is 0 Å². The molecule has 0 saturated carbocycles. The first-order valence-corrected chi connectivity index (χ1v) is 3.43. The maximum atomic E-state index is 12.5. The fourth-order valence-electron chi connectivity index (χ4n) is 0.912. The third kappa shape index (κ3) is 1.56. The van der Waals surface area contributed by atoms with Gasteiger partial charge in [-0.1, -0.05) is 0 Å². The highest BCUT2D eigenvalue weighted by molar-refractivity contribution is 4.90. The normalized spacial score (nSPS) is 28.8. The Balaban J connectivity index is 3.43. The minimum Gasteiger partial charge on any atom is -0.242 e. The molecule has 0 N–H and O–H groups in total. The Bertz CT molecular complexity index is 331. The zero-order chi connectivity index (χ0) is 13.9. The third-order valence-electron chi connectivity index (χ3n) is 1.65. The minimum absolute atomic E-state index is 1.96. The molecule has 0 amide bonds. The Morgan fingerprint density at radius 1 is 0.882 bits per heavy atom. The van der Waals surface area contributed by atoms with Gasteiger partial charge in [0.15, 0.2) is 5.03 Å². The van der Waals surface area contributed by atoms with Crippen LogP contribution in [0.3, 0.4) is 0 Å². The summed E-state index contributed by atoms with van der Waals surface area (Å²) >= 11 is 0. The van der Waals surface area contributed by atoms with Gasteiger partial charge in [0, 0.05) is 5.01 Å². The summed E-state index contributed by atoms with van der Waals surface area (Å²) in [5.74, 6) is 0. The molecule has 5 nitrogen and oxygen atoms in total.